The van der Waals surface area contributed by atoms with Crippen molar-refractivity contribution in [3.8, 4) is 5.69 Å². The Morgan fingerprint density at radius 2 is 2.11 bits per heavy atom. The summed E-state index contributed by atoms with van der Waals surface area (Å²) in [6.45, 7) is 1.39. The number of ether oxygens (including phenoxy) is 1. The number of ketones is 1. The van der Waals surface area contributed by atoms with E-state index in [0.717, 1.165) is 0 Å². The van der Waals surface area contributed by atoms with Crippen molar-refractivity contribution in [1.29, 1.82) is 0 Å². The van der Waals surface area contributed by atoms with Crippen LogP contribution in [0.15, 0.2) is 30.6 Å². The topological polar surface area (TPSA) is 74.1 Å². The monoisotopic (exact) mass is 245 g/mol. The maximum atomic E-state index is 11.6. The van der Waals surface area contributed by atoms with Gasteiger partial charge in [-0.1, -0.05) is 0 Å². The van der Waals surface area contributed by atoms with E-state index in [1.807, 2.05) is 0 Å². The number of hydrogen-bond acceptors (Lipinski definition) is 5. The third-order valence-corrected chi connectivity index (χ3v) is 2.35. The molecular weight excluding hydrogens is 234 g/mol. The molecule has 0 aliphatic carbocycles. The van der Waals surface area contributed by atoms with Crippen LogP contribution in [0, 0.1) is 0 Å². The maximum absolute atomic E-state index is 11.6. The van der Waals surface area contributed by atoms with E-state index in [2.05, 4.69) is 14.8 Å². The van der Waals surface area contributed by atoms with Crippen LogP contribution in [0.3, 0.4) is 0 Å². The number of rotatable bonds is 3. The van der Waals surface area contributed by atoms with Gasteiger partial charge in [0.25, 0.3) is 0 Å². The highest BCUT2D eigenvalue weighted by atomic mass is 16.5. The lowest BCUT2D eigenvalue weighted by atomic mass is 10.2. The first-order valence-electron chi connectivity index (χ1n) is 5.24. The number of nitrogens with zero attached hydrogens (tertiary/aromatic N) is 3. The largest absolute Gasteiger partial charge is 0.464 e. The number of aromatic nitrogens is 3. The molecule has 18 heavy (non-hydrogen) atoms. The predicted octanol–water partition coefficient (Wildman–Crippen LogP) is 1.26. The molecule has 0 amide bonds. The second-order valence-electron chi connectivity index (χ2n) is 3.56. The molecule has 2 rings (SSSR count). The SMILES string of the molecule is COC(=O)c1ccc(-n2cccn2)c(C(C)=O)n1. The van der Waals surface area contributed by atoms with Gasteiger partial charge in [-0.3, -0.25) is 4.79 Å². The van der Waals surface area contributed by atoms with E-state index in [-0.39, 0.29) is 17.2 Å². The lowest BCUT2D eigenvalue weighted by Crippen LogP contribution is -2.12. The Hall–Kier alpha value is -2.50. The second kappa shape index (κ2) is 4.79. The molecule has 92 valence electrons. The molecule has 2 aromatic heterocycles. The third-order valence-electron chi connectivity index (χ3n) is 2.35. The number of esters is 1. The molecule has 0 saturated heterocycles. The summed E-state index contributed by atoms with van der Waals surface area (Å²) < 4.78 is 6.09. The zero-order chi connectivity index (χ0) is 13.1. The summed E-state index contributed by atoms with van der Waals surface area (Å²) in [5.74, 6) is -0.823. The minimum absolute atomic E-state index is 0.0959. The summed E-state index contributed by atoms with van der Waals surface area (Å²) in [5.41, 5.74) is 0.806. The van der Waals surface area contributed by atoms with Crippen LogP contribution < -0.4 is 0 Å². The fraction of sp³-hybridized carbons (Fsp3) is 0.167. The van der Waals surface area contributed by atoms with Gasteiger partial charge in [-0.25, -0.2) is 14.5 Å². The van der Waals surface area contributed by atoms with Gasteiger partial charge in [-0.05, 0) is 18.2 Å². The molecular formula is C12H11N3O3. The van der Waals surface area contributed by atoms with Crippen LogP contribution >= 0.6 is 0 Å². The molecule has 0 fully saturated rings. The minimum atomic E-state index is -0.579. The van der Waals surface area contributed by atoms with Crippen molar-refractivity contribution < 1.29 is 14.3 Å². The molecule has 0 saturated carbocycles. The summed E-state index contributed by atoms with van der Waals surface area (Å²) in [5, 5.41) is 4.03. The van der Waals surface area contributed by atoms with E-state index in [1.54, 1.807) is 24.5 Å². The third kappa shape index (κ3) is 2.13. The first-order chi connectivity index (χ1) is 8.63. The summed E-state index contributed by atoms with van der Waals surface area (Å²) in [6.07, 6.45) is 3.29. The van der Waals surface area contributed by atoms with Gasteiger partial charge >= 0.3 is 5.97 Å². The van der Waals surface area contributed by atoms with E-state index >= 15 is 0 Å². The van der Waals surface area contributed by atoms with E-state index in [4.69, 9.17) is 0 Å². The summed E-state index contributed by atoms with van der Waals surface area (Å²) in [7, 11) is 1.26. The highest BCUT2D eigenvalue weighted by Gasteiger charge is 2.15. The van der Waals surface area contributed by atoms with Crippen molar-refractivity contribution in [2.45, 2.75) is 6.92 Å². The molecule has 0 unspecified atom stereocenters. The van der Waals surface area contributed by atoms with Gasteiger partial charge in [-0.2, -0.15) is 5.10 Å². The van der Waals surface area contributed by atoms with Gasteiger partial charge in [0.2, 0.25) is 0 Å². The average molecular weight is 245 g/mol. The van der Waals surface area contributed by atoms with Gasteiger partial charge in [0.05, 0.1) is 12.8 Å². The Bertz CT molecular complexity index is 591. The number of hydrogen-bond donors (Lipinski definition) is 0. The van der Waals surface area contributed by atoms with Crippen LogP contribution in [0.4, 0.5) is 0 Å². The number of carbonyl (C=O) groups excluding carboxylic acids is 2. The zero-order valence-corrected chi connectivity index (χ0v) is 9.95. The molecule has 0 N–H and O–H groups in total. The van der Waals surface area contributed by atoms with Gasteiger partial charge in [-0.15, -0.1) is 0 Å². The molecule has 0 spiro atoms. The van der Waals surface area contributed by atoms with Gasteiger partial charge in [0.1, 0.15) is 11.4 Å². The van der Waals surface area contributed by atoms with Crippen molar-refractivity contribution in [2.24, 2.45) is 0 Å². The number of methoxy groups -OCH3 is 1. The van der Waals surface area contributed by atoms with E-state index in [1.165, 1.54) is 24.8 Å². The molecule has 6 heteroatoms. The maximum Gasteiger partial charge on any atom is 0.356 e. The van der Waals surface area contributed by atoms with E-state index in [0.29, 0.717) is 5.69 Å². The van der Waals surface area contributed by atoms with E-state index < -0.39 is 5.97 Å². The standard InChI is InChI=1S/C12H11N3O3/c1-8(16)11-10(15-7-3-6-13-15)5-4-9(14-11)12(17)18-2/h3-7H,1-2H3. The van der Waals surface area contributed by atoms with Crippen molar-refractivity contribution in [2.75, 3.05) is 7.11 Å². The minimum Gasteiger partial charge on any atom is -0.464 e. The van der Waals surface area contributed by atoms with Crippen LogP contribution in [0.5, 0.6) is 0 Å². The Labute approximate surface area is 103 Å². The van der Waals surface area contributed by atoms with Gasteiger partial charge in [0.15, 0.2) is 5.78 Å². The van der Waals surface area contributed by atoms with Gasteiger partial charge < -0.3 is 4.74 Å². The first kappa shape index (κ1) is 12.0. The number of Topliss-reactive ketones (excluding diaryl/α,β-unsaturated/α-hetero) is 1. The molecule has 0 aromatic carbocycles. The zero-order valence-electron chi connectivity index (χ0n) is 9.95. The molecule has 0 atom stereocenters. The van der Waals surface area contributed by atoms with Gasteiger partial charge in [0, 0.05) is 19.3 Å². The number of carbonyl (C=O) groups is 2. The van der Waals surface area contributed by atoms with Crippen LogP contribution in [0.1, 0.15) is 27.9 Å². The second-order valence-corrected chi connectivity index (χ2v) is 3.56. The highest BCUT2D eigenvalue weighted by Crippen LogP contribution is 2.14. The molecule has 0 radical (unpaired) electrons. The molecule has 0 bridgehead atoms. The van der Waals surface area contributed by atoms with Crippen molar-refractivity contribution in [1.82, 2.24) is 14.8 Å². The normalized spacial score (nSPS) is 10.1. The molecule has 2 heterocycles. The summed E-state index contributed by atoms with van der Waals surface area (Å²) >= 11 is 0. The van der Waals surface area contributed by atoms with Crippen molar-refractivity contribution in [3.63, 3.8) is 0 Å². The molecule has 2 aromatic rings. The van der Waals surface area contributed by atoms with Crippen LogP contribution in [-0.2, 0) is 4.74 Å². The Balaban J connectivity index is 2.55. The summed E-state index contributed by atoms with van der Waals surface area (Å²) in [6, 6.07) is 4.84. The smallest absolute Gasteiger partial charge is 0.356 e. The lowest BCUT2D eigenvalue weighted by Gasteiger charge is -2.07. The fourth-order valence-corrected chi connectivity index (χ4v) is 1.53. The fourth-order valence-electron chi connectivity index (χ4n) is 1.53. The Morgan fingerprint density at radius 1 is 1.33 bits per heavy atom. The highest BCUT2D eigenvalue weighted by molar-refractivity contribution is 5.97. The first-order valence-corrected chi connectivity index (χ1v) is 5.24. The lowest BCUT2D eigenvalue weighted by molar-refractivity contribution is 0.0594. The number of pyridine rings is 1. The quantitative estimate of drug-likeness (QED) is 0.601. The van der Waals surface area contributed by atoms with Crippen molar-refractivity contribution >= 4 is 11.8 Å². The molecule has 0 aliphatic rings. The van der Waals surface area contributed by atoms with Crippen LogP contribution in [-0.4, -0.2) is 33.6 Å². The Morgan fingerprint density at radius 3 is 2.67 bits per heavy atom. The van der Waals surface area contributed by atoms with Crippen LogP contribution in [0.2, 0.25) is 0 Å². The molecule has 0 aliphatic heterocycles. The van der Waals surface area contributed by atoms with E-state index in [9.17, 15) is 9.59 Å². The van der Waals surface area contributed by atoms with Crippen LogP contribution in [0.25, 0.3) is 5.69 Å². The predicted molar refractivity (Wildman–Crippen MR) is 62.7 cm³/mol. The molecule has 6 nitrogen and oxygen atoms in total. The Kier molecular flexibility index (Phi) is 3.18. The summed E-state index contributed by atoms with van der Waals surface area (Å²) in [4.78, 5) is 27.0. The average Bonchev–Trinajstić information content (AvgIpc) is 2.90. The van der Waals surface area contributed by atoms with Crippen molar-refractivity contribution in [3.05, 3.63) is 42.0 Å².